The highest BCUT2D eigenvalue weighted by molar-refractivity contribution is 7.80. The van der Waals surface area contributed by atoms with Crippen LogP contribution in [0.1, 0.15) is 5.56 Å². The smallest absolute Gasteiger partial charge is 0.242 e. The second-order valence-corrected chi connectivity index (χ2v) is 5.44. The molecule has 0 fully saturated rings. The SMILES string of the molecule is O=C(Cc1c(F)cccc1Cl)NNC(=S)Nc1ccc(F)cc1F. The van der Waals surface area contributed by atoms with Gasteiger partial charge in [-0.15, -0.1) is 0 Å². The van der Waals surface area contributed by atoms with Gasteiger partial charge in [-0.05, 0) is 36.5 Å². The molecule has 24 heavy (non-hydrogen) atoms. The minimum Gasteiger partial charge on any atom is -0.329 e. The fourth-order valence-electron chi connectivity index (χ4n) is 1.78. The fraction of sp³-hybridized carbons (Fsp3) is 0.0667. The molecule has 0 saturated heterocycles. The molecular weight excluding hydrogens is 363 g/mol. The van der Waals surface area contributed by atoms with Crippen molar-refractivity contribution in [3.8, 4) is 0 Å². The number of carbonyl (C=O) groups excluding carboxylic acids is 1. The molecule has 1 amide bonds. The first-order chi connectivity index (χ1) is 11.4. The van der Waals surface area contributed by atoms with Crippen molar-refractivity contribution < 1.29 is 18.0 Å². The van der Waals surface area contributed by atoms with Crippen molar-refractivity contribution in [2.45, 2.75) is 6.42 Å². The first-order valence-electron chi connectivity index (χ1n) is 6.60. The normalized spacial score (nSPS) is 10.2. The molecule has 0 aliphatic carbocycles. The van der Waals surface area contributed by atoms with Crippen LogP contribution in [0.4, 0.5) is 18.9 Å². The molecule has 0 radical (unpaired) electrons. The number of amides is 1. The van der Waals surface area contributed by atoms with Gasteiger partial charge in [0, 0.05) is 16.7 Å². The van der Waals surface area contributed by atoms with Crippen LogP contribution in [0.3, 0.4) is 0 Å². The lowest BCUT2D eigenvalue weighted by Crippen LogP contribution is -2.44. The molecule has 0 bridgehead atoms. The molecule has 9 heteroatoms. The molecule has 0 atom stereocenters. The Labute approximate surface area is 146 Å². The van der Waals surface area contributed by atoms with E-state index in [9.17, 15) is 18.0 Å². The van der Waals surface area contributed by atoms with E-state index in [2.05, 4.69) is 16.2 Å². The van der Waals surface area contributed by atoms with Gasteiger partial charge in [0.2, 0.25) is 5.91 Å². The van der Waals surface area contributed by atoms with Crippen LogP contribution in [0.5, 0.6) is 0 Å². The number of hydrazine groups is 1. The summed E-state index contributed by atoms with van der Waals surface area (Å²) in [6.07, 6.45) is -0.313. The van der Waals surface area contributed by atoms with Crippen molar-refractivity contribution >= 4 is 40.5 Å². The number of hydrogen-bond acceptors (Lipinski definition) is 2. The molecule has 2 aromatic rings. The molecule has 0 saturated carbocycles. The van der Waals surface area contributed by atoms with Gasteiger partial charge in [0.1, 0.15) is 17.5 Å². The minimum absolute atomic E-state index is 0.0434. The molecule has 2 aromatic carbocycles. The van der Waals surface area contributed by atoms with Crippen LogP contribution >= 0.6 is 23.8 Å². The number of nitrogens with one attached hydrogen (secondary N) is 3. The Morgan fingerprint density at radius 1 is 1.08 bits per heavy atom. The number of rotatable bonds is 3. The van der Waals surface area contributed by atoms with E-state index >= 15 is 0 Å². The molecule has 0 aliphatic heterocycles. The summed E-state index contributed by atoms with van der Waals surface area (Å²) in [5.41, 5.74) is 4.52. The highest BCUT2D eigenvalue weighted by Crippen LogP contribution is 2.19. The van der Waals surface area contributed by atoms with Crippen molar-refractivity contribution in [2.24, 2.45) is 0 Å². The first kappa shape index (κ1) is 18.0. The van der Waals surface area contributed by atoms with Gasteiger partial charge in [-0.1, -0.05) is 17.7 Å². The molecular formula is C15H11ClF3N3OS. The number of anilines is 1. The molecule has 4 nitrogen and oxygen atoms in total. The van der Waals surface area contributed by atoms with Gasteiger partial charge < -0.3 is 5.32 Å². The van der Waals surface area contributed by atoms with Crippen LogP contribution in [0.2, 0.25) is 5.02 Å². The third kappa shape index (κ3) is 4.84. The van der Waals surface area contributed by atoms with Gasteiger partial charge in [-0.3, -0.25) is 15.6 Å². The monoisotopic (exact) mass is 373 g/mol. The lowest BCUT2D eigenvalue weighted by Gasteiger charge is -2.12. The molecule has 0 heterocycles. The van der Waals surface area contributed by atoms with Crippen molar-refractivity contribution in [3.63, 3.8) is 0 Å². The summed E-state index contributed by atoms with van der Waals surface area (Å²) in [6.45, 7) is 0. The predicted molar refractivity (Wildman–Crippen MR) is 89.0 cm³/mol. The molecule has 126 valence electrons. The standard InChI is InChI=1S/C15H11ClF3N3OS/c16-10-2-1-3-11(18)9(10)7-14(23)21-22-15(24)20-13-5-4-8(17)6-12(13)19/h1-6H,7H2,(H,21,23)(H2,20,22,24). The van der Waals surface area contributed by atoms with Crippen LogP contribution in [0.15, 0.2) is 36.4 Å². The Balaban J connectivity index is 1.88. The largest absolute Gasteiger partial charge is 0.329 e. The van der Waals surface area contributed by atoms with Gasteiger partial charge in [0.05, 0.1) is 12.1 Å². The summed E-state index contributed by atoms with van der Waals surface area (Å²) < 4.78 is 39.8. The van der Waals surface area contributed by atoms with Crippen LogP contribution in [0.25, 0.3) is 0 Å². The maximum atomic E-state index is 13.6. The average molecular weight is 374 g/mol. The van der Waals surface area contributed by atoms with Gasteiger partial charge in [-0.2, -0.15) is 0 Å². The number of halogens is 4. The second kappa shape index (κ2) is 7.98. The van der Waals surface area contributed by atoms with E-state index in [1.807, 2.05) is 0 Å². The number of benzene rings is 2. The highest BCUT2D eigenvalue weighted by atomic mass is 35.5. The molecule has 0 aromatic heterocycles. The fourth-order valence-corrected chi connectivity index (χ4v) is 2.17. The van der Waals surface area contributed by atoms with Crippen molar-refractivity contribution in [3.05, 3.63) is 64.4 Å². The number of carbonyl (C=O) groups is 1. The summed E-state index contributed by atoms with van der Waals surface area (Å²) in [6, 6.07) is 6.96. The van der Waals surface area contributed by atoms with Gasteiger partial charge >= 0.3 is 0 Å². The number of hydrogen-bond donors (Lipinski definition) is 3. The Hall–Kier alpha value is -2.32. The molecule has 0 aliphatic rings. The zero-order valence-corrected chi connectivity index (χ0v) is 13.6. The third-order valence-electron chi connectivity index (χ3n) is 2.89. The molecule has 0 unspecified atom stereocenters. The van der Waals surface area contributed by atoms with Crippen LogP contribution in [0, 0.1) is 17.5 Å². The first-order valence-corrected chi connectivity index (χ1v) is 7.39. The Bertz CT molecular complexity index is 768. The Morgan fingerprint density at radius 3 is 2.50 bits per heavy atom. The van der Waals surface area contributed by atoms with Gasteiger partial charge in [0.25, 0.3) is 0 Å². The van der Waals surface area contributed by atoms with E-state index in [4.69, 9.17) is 23.8 Å². The van der Waals surface area contributed by atoms with Crippen molar-refractivity contribution in [1.29, 1.82) is 0 Å². The Kier molecular flexibility index (Phi) is 5.99. The van der Waals surface area contributed by atoms with Crippen molar-refractivity contribution in [1.82, 2.24) is 10.9 Å². The van der Waals surface area contributed by atoms with Crippen molar-refractivity contribution in [2.75, 3.05) is 5.32 Å². The van der Waals surface area contributed by atoms with E-state index < -0.39 is 23.4 Å². The minimum atomic E-state index is -0.844. The van der Waals surface area contributed by atoms with Gasteiger partial charge in [0.15, 0.2) is 5.11 Å². The van der Waals surface area contributed by atoms with E-state index in [0.717, 1.165) is 12.1 Å². The van der Waals surface area contributed by atoms with Crippen LogP contribution in [-0.4, -0.2) is 11.0 Å². The Morgan fingerprint density at radius 2 is 1.83 bits per heavy atom. The lowest BCUT2D eigenvalue weighted by atomic mass is 10.1. The summed E-state index contributed by atoms with van der Waals surface area (Å²) in [5, 5.41) is 2.44. The number of thiocarbonyl (C=S) groups is 1. The second-order valence-electron chi connectivity index (χ2n) is 4.63. The van der Waals surface area contributed by atoms with E-state index in [1.54, 1.807) is 0 Å². The van der Waals surface area contributed by atoms with E-state index in [0.29, 0.717) is 6.07 Å². The summed E-state index contributed by atoms with van der Waals surface area (Å²) >= 11 is 10.7. The van der Waals surface area contributed by atoms with Crippen LogP contribution in [-0.2, 0) is 11.2 Å². The van der Waals surface area contributed by atoms with E-state index in [1.165, 1.54) is 18.2 Å². The third-order valence-corrected chi connectivity index (χ3v) is 3.45. The van der Waals surface area contributed by atoms with Gasteiger partial charge in [-0.25, -0.2) is 13.2 Å². The average Bonchev–Trinajstić information content (AvgIpc) is 2.52. The topological polar surface area (TPSA) is 53.2 Å². The summed E-state index contributed by atoms with van der Waals surface area (Å²) in [4.78, 5) is 11.8. The zero-order valence-electron chi connectivity index (χ0n) is 12.0. The maximum Gasteiger partial charge on any atom is 0.242 e. The lowest BCUT2D eigenvalue weighted by molar-refractivity contribution is -0.121. The zero-order chi connectivity index (χ0) is 17.7. The predicted octanol–water partition coefficient (Wildman–Crippen LogP) is 3.32. The van der Waals surface area contributed by atoms with Crippen LogP contribution < -0.4 is 16.2 Å². The molecule has 3 N–H and O–H groups in total. The van der Waals surface area contributed by atoms with E-state index in [-0.39, 0.29) is 27.8 Å². The molecule has 2 rings (SSSR count). The summed E-state index contributed by atoms with van der Waals surface area (Å²) in [7, 11) is 0. The summed E-state index contributed by atoms with van der Waals surface area (Å²) in [5.74, 6) is -2.78. The quantitative estimate of drug-likeness (QED) is 0.570. The highest BCUT2D eigenvalue weighted by Gasteiger charge is 2.12. The maximum absolute atomic E-state index is 13.6. The molecule has 0 spiro atoms.